The molecule has 0 fully saturated rings. The van der Waals surface area contributed by atoms with Crippen LogP contribution in [0.25, 0.3) is 0 Å². The highest BCUT2D eigenvalue weighted by molar-refractivity contribution is 7.71. The lowest BCUT2D eigenvalue weighted by Gasteiger charge is -2.06. The maximum Gasteiger partial charge on any atom is 0.216 e. The van der Waals surface area contributed by atoms with Crippen LogP contribution in [0.2, 0.25) is 5.02 Å². The third kappa shape index (κ3) is 3.66. The Balaban J connectivity index is 2.31. The van der Waals surface area contributed by atoms with Crippen molar-refractivity contribution < 1.29 is 9.84 Å². The number of halogens is 1. The SMILES string of the molecule is CCCCc1n[nH]c(=S)n1/N=C\c1cc(Cl)c(O)c(OC)c1. The molecular weight excluding hydrogens is 324 g/mol. The Kier molecular flexibility index (Phi) is 5.57. The van der Waals surface area contributed by atoms with Gasteiger partial charge >= 0.3 is 0 Å². The van der Waals surface area contributed by atoms with Gasteiger partial charge in [-0.25, -0.2) is 0 Å². The molecule has 118 valence electrons. The van der Waals surface area contributed by atoms with Crippen LogP contribution >= 0.6 is 23.8 Å². The van der Waals surface area contributed by atoms with Crippen molar-refractivity contribution in [3.8, 4) is 11.5 Å². The van der Waals surface area contributed by atoms with E-state index < -0.39 is 0 Å². The van der Waals surface area contributed by atoms with Gasteiger partial charge in [-0.3, -0.25) is 5.10 Å². The summed E-state index contributed by atoms with van der Waals surface area (Å²) in [5.41, 5.74) is 0.684. The van der Waals surface area contributed by atoms with Gasteiger partial charge in [0.2, 0.25) is 4.77 Å². The van der Waals surface area contributed by atoms with Gasteiger partial charge in [-0.2, -0.15) is 14.9 Å². The van der Waals surface area contributed by atoms with Crippen LogP contribution in [0.15, 0.2) is 17.2 Å². The van der Waals surface area contributed by atoms with Crippen LogP contribution in [0.3, 0.4) is 0 Å². The molecule has 0 radical (unpaired) electrons. The Hall–Kier alpha value is -1.86. The summed E-state index contributed by atoms with van der Waals surface area (Å²) in [5.74, 6) is 0.973. The van der Waals surface area contributed by atoms with Gasteiger partial charge in [-0.15, -0.1) is 0 Å². The fraction of sp³-hybridized carbons (Fsp3) is 0.357. The van der Waals surface area contributed by atoms with E-state index in [1.165, 1.54) is 7.11 Å². The smallest absolute Gasteiger partial charge is 0.216 e. The average molecular weight is 341 g/mol. The van der Waals surface area contributed by atoms with Crippen molar-refractivity contribution >= 4 is 30.0 Å². The molecule has 0 saturated carbocycles. The van der Waals surface area contributed by atoms with E-state index in [0.717, 1.165) is 25.1 Å². The molecule has 22 heavy (non-hydrogen) atoms. The van der Waals surface area contributed by atoms with Crippen LogP contribution < -0.4 is 4.74 Å². The normalized spacial score (nSPS) is 11.2. The first-order chi connectivity index (χ1) is 10.6. The van der Waals surface area contributed by atoms with E-state index in [2.05, 4.69) is 22.2 Å². The number of nitrogens with one attached hydrogen (secondary N) is 1. The van der Waals surface area contributed by atoms with Gasteiger partial charge in [0, 0.05) is 6.42 Å². The fourth-order valence-electron chi connectivity index (χ4n) is 1.89. The lowest BCUT2D eigenvalue weighted by atomic mass is 10.2. The quantitative estimate of drug-likeness (QED) is 0.623. The molecule has 0 aliphatic carbocycles. The van der Waals surface area contributed by atoms with E-state index in [1.54, 1.807) is 23.0 Å². The number of phenols is 1. The number of H-pyrrole nitrogens is 1. The minimum absolute atomic E-state index is 0.0927. The summed E-state index contributed by atoms with van der Waals surface area (Å²) in [6, 6.07) is 3.23. The lowest BCUT2D eigenvalue weighted by molar-refractivity contribution is 0.373. The van der Waals surface area contributed by atoms with Crippen molar-refractivity contribution in [3.63, 3.8) is 0 Å². The number of hydrogen-bond donors (Lipinski definition) is 2. The number of methoxy groups -OCH3 is 1. The molecule has 6 nitrogen and oxygen atoms in total. The predicted molar refractivity (Wildman–Crippen MR) is 88.7 cm³/mol. The molecule has 0 bridgehead atoms. The Bertz CT molecular complexity index is 739. The maximum atomic E-state index is 9.72. The van der Waals surface area contributed by atoms with E-state index in [0.29, 0.717) is 10.3 Å². The van der Waals surface area contributed by atoms with Crippen LogP contribution in [0, 0.1) is 4.77 Å². The van der Waals surface area contributed by atoms with E-state index in [9.17, 15) is 5.11 Å². The zero-order chi connectivity index (χ0) is 16.1. The molecule has 8 heteroatoms. The zero-order valence-corrected chi connectivity index (χ0v) is 13.9. The van der Waals surface area contributed by atoms with Gasteiger partial charge in [0.15, 0.2) is 17.3 Å². The number of benzene rings is 1. The predicted octanol–water partition coefficient (Wildman–Crippen LogP) is 3.53. The van der Waals surface area contributed by atoms with Gasteiger partial charge in [0.25, 0.3) is 0 Å². The Morgan fingerprint density at radius 1 is 1.55 bits per heavy atom. The number of phenolic OH excluding ortho intramolecular Hbond substituents is 1. The first-order valence-corrected chi connectivity index (χ1v) is 7.62. The summed E-state index contributed by atoms with van der Waals surface area (Å²) >= 11 is 11.1. The second kappa shape index (κ2) is 7.42. The number of unbranched alkanes of at least 4 members (excludes halogenated alkanes) is 1. The van der Waals surface area contributed by atoms with Crippen LogP contribution in [-0.4, -0.2) is 33.3 Å². The van der Waals surface area contributed by atoms with Crippen LogP contribution in [0.5, 0.6) is 11.5 Å². The topological polar surface area (TPSA) is 75.4 Å². The first-order valence-electron chi connectivity index (χ1n) is 6.84. The Labute approximate surface area is 138 Å². The van der Waals surface area contributed by atoms with E-state index in [-0.39, 0.29) is 16.5 Å². The number of nitrogens with zero attached hydrogens (tertiary/aromatic N) is 3. The van der Waals surface area contributed by atoms with Gasteiger partial charge < -0.3 is 9.84 Å². The molecule has 0 aliphatic rings. The molecule has 0 unspecified atom stereocenters. The number of aromatic amines is 1. The molecule has 0 aliphatic heterocycles. The molecule has 2 rings (SSSR count). The van der Waals surface area contributed by atoms with Crippen LogP contribution in [0.4, 0.5) is 0 Å². The molecule has 1 aromatic carbocycles. The fourth-order valence-corrected chi connectivity index (χ4v) is 2.31. The third-order valence-corrected chi connectivity index (χ3v) is 3.62. The first kappa shape index (κ1) is 16.5. The standard InChI is InChI=1S/C14H17ClN4O2S/c1-3-4-5-12-17-18-14(22)19(12)16-8-9-6-10(15)13(20)11(7-9)21-2/h6-8,20H,3-5H2,1-2H3,(H,18,22)/b16-8-. The van der Waals surface area contributed by atoms with Crippen molar-refractivity contribution in [2.75, 3.05) is 7.11 Å². The van der Waals surface area contributed by atoms with Crippen LogP contribution in [-0.2, 0) is 6.42 Å². The van der Waals surface area contributed by atoms with Gasteiger partial charge in [0.1, 0.15) is 0 Å². The summed E-state index contributed by atoms with van der Waals surface area (Å²) in [5, 5.41) is 21.2. The van der Waals surface area contributed by atoms with Crippen molar-refractivity contribution in [1.29, 1.82) is 0 Å². The highest BCUT2D eigenvalue weighted by atomic mass is 35.5. The monoisotopic (exact) mass is 340 g/mol. The number of aromatic nitrogens is 3. The van der Waals surface area contributed by atoms with Gasteiger partial charge in [-0.05, 0) is 36.3 Å². The number of ether oxygens (including phenoxy) is 1. The van der Waals surface area contributed by atoms with Crippen molar-refractivity contribution in [2.24, 2.45) is 5.10 Å². The molecule has 2 aromatic rings. The largest absolute Gasteiger partial charge is 0.503 e. The Morgan fingerprint density at radius 3 is 3.00 bits per heavy atom. The second-order valence-electron chi connectivity index (χ2n) is 4.66. The highest BCUT2D eigenvalue weighted by Gasteiger charge is 2.08. The highest BCUT2D eigenvalue weighted by Crippen LogP contribution is 2.34. The summed E-state index contributed by atoms with van der Waals surface area (Å²) in [7, 11) is 1.46. The Morgan fingerprint density at radius 2 is 2.32 bits per heavy atom. The number of rotatable bonds is 6. The van der Waals surface area contributed by atoms with Crippen LogP contribution in [0.1, 0.15) is 31.2 Å². The molecule has 0 atom stereocenters. The van der Waals surface area contributed by atoms with Crippen molar-refractivity contribution in [1.82, 2.24) is 14.9 Å². The van der Waals surface area contributed by atoms with Gasteiger partial charge in [-0.1, -0.05) is 24.9 Å². The minimum atomic E-state index is -0.0927. The zero-order valence-electron chi connectivity index (χ0n) is 12.3. The molecular formula is C14H17ClN4O2S. The van der Waals surface area contributed by atoms with E-state index >= 15 is 0 Å². The van der Waals surface area contributed by atoms with Crippen molar-refractivity contribution in [2.45, 2.75) is 26.2 Å². The molecule has 1 heterocycles. The number of aryl methyl sites for hydroxylation is 1. The van der Waals surface area contributed by atoms with Crippen molar-refractivity contribution in [3.05, 3.63) is 33.3 Å². The van der Waals surface area contributed by atoms with Gasteiger partial charge in [0.05, 0.1) is 18.3 Å². The average Bonchev–Trinajstić information content (AvgIpc) is 2.86. The van der Waals surface area contributed by atoms with E-state index in [1.807, 2.05) is 0 Å². The molecule has 1 aromatic heterocycles. The summed E-state index contributed by atoms with van der Waals surface area (Å²) in [4.78, 5) is 0. The summed E-state index contributed by atoms with van der Waals surface area (Å²) in [6.07, 6.45) is 4.46. The minimum Gasteiger partial charge on any atom is -0.503 e. The lowest BCUT2D eigenvalue weighted by Crippen LogP contribution is -1.99. The summed E-state index contributed by atoms with van der Waals surface area (Å²) < 4.78 is 7.07. The third-order valence-electron chi connectivity index (χ3n) is 3.06. The number of hydrogen-bond acceptors (Lipinski definition) is 5. The molecule has 0 amide bonds. The molecule has 0 spiro atoms. The second-order valence-corrected chi connectivity index (χ2v) is 5.45. The maximum absolute atomic E-state index is 9.72. The molecule has 0 saturated heterocycles. The number of aromatic hydroxyl groups is 1. The molecule has 2 N–H and O–H groups in total. The van der Waals surface area contributed by atoms with E-state index in [4.69, 9.17) is 28.6 Å². The summed E-state index contributed by atoms with van der Waals surface area (Å²) in [6.45, 7) is 2.11.